The maximum absolute atomic E-state index is 14.0. The van der Waals surface area contributed by atoms with Crippen molar-refractivity contribution in [3.8, 4) is 5.75 Å². The standard InChI is InChI=1S/C28H17BrClF3N2O4S2/c29-14-8-9-19(39-12-13-4-3-5-15(30)10-13)16(11-14)20-21-23(40-24-22(20)41-27(38)34-24)26(37)35(25(21)36)18-7-2-1-6-17(18)28(31,32)33/h1-11,20-21,23H,12H2,(H,34,38). The molecule has 3 atom stereocenters. The molecule has 1 N–H and O–H groups in total. The van der Waals surface area contributed by atoms with Gasteiger partial charge in [-0.1, -0.05) is 74.9 Å². The van der Waals surface area contributed by atoms with E-state index in [-0.39, 0.29) is 11.5 Å². The maximum atomic E-state index is 14.0. The Balaban J connectivity index is 1.46. The lowest BCUT2D eigenvalue weighted by Gasteiger charge is -2.31. The first kappa shape index (κ1) is 28.1. The number of aromatic nitrogens is 1. The molecule has 1 aromatic heterocycles. The molecule has 1 fully saturated rings. The predicted octanol–water partition coefficient (Wildman–Crippen LogP) is 7.25. The number of thiazole rings is 1. The minimum Gasteiger partial charge on any atom is -0.489 e. The minimum absolute atomic E-state index is 0.138. The first-order valence-corrected chi connectivity index (χ1v) is 15.0. The van der Waals surface area contributed by atoms with Crippen molar-refractivity contribution in [2.75, 3.05) is 4.90 Å². The van der Waals surface area contributed by atoms with Crippen molar-refractivity contribution in [3.05, 3.63) is 107 Å². The largest absolute Gasteiger partial charge is 0.489 e. The number of fused-ring (bicyclic) bond motifs is 2. The summed E-state index contributed by atoms with van der Waals surface area (Å²) in [7, 11) is 0. The third kappa shape index (κ3) is 5.11. The molecule has 6 nitrogen and oxygen atoms in total. The normalized spacial score (nSPS) is 20.2. The fourth-order valence-electron chi connectivity index (χ4n) is 5.18. The summed E-state index contributed by atoms with van der Waals surface area (Å²) in [5, 5.41) is -0.129. The van der Waals surface area contributed by atoms with Gasteiger partial charge in [-0.25, -0.2) is 4.90 Å². The molecule has 0 spiro atoms. The number of hydrogen-bond donors (Lipinski definition) is 1. The van der Waals surface area contributed by atoms with Gasteiger partial charge in [0, 0.05) is 25.9 Å². The van der Waals surface area contributed by atoms with Crippen molar-refractivity contribution >= 4 is 68.1 Å². The Kier molecular flexibility index (Phi) is 7.29. The summed E-state index contributed by atoms with van der Waals surface area (Å²) in [6.07, 6.45) is -4.78. The van der Waals surface area contributed by atoms with Crippen LogP contribution in [0.25, 0.3) is 0 Å². The third-order valence-corrected chi connectivity index (χ3v) is 9.99. The van der Waals surface area contributed by atoms with E-state index in [1.54, 1.807) is 36.4 Å². The highest BCUT2D eigenvalue weighted by molar-refractivity contribution is 9.10. The number of carbonyl (C=O) groups is 2. The topological polar surface area (TPSA) is 79.5 Å². The van der Waals surface area contributed by atoms with Crippen LogP contribution in [0.4, 0.5) is 18.9 Å². The zero-order valence-corrected chi connectivity index (χ0v) is 24.6. The zero-order chi connectivity index (χ0) is 29.1. The number of imide groups is 1. The number of nitrogens with one attached hydrogen (secondary N) is 1. The molecule has 2 aliphatic rings. The number of halogens is 5. The van der Waals surface area contributed by atoms with Gasteiger partial charge >= 0.3 is 11.0 Å². The summed E-state index contributed by atoms with van der Waals surface area (Å²) in [5.41, 5.74) is -0.303. The Morgan fingerprint density at radius 2 is 1.78 bits per heavy atom. The number of thioether (sulfide) groups is 1. The summed E-state index contributed by atoms with van der Waals surface area (Å²) in [6.45, 7) is 0.138. The molecule has 3 aromatic carbocycles. The van der Waals surface area contributed by atoms with E-state index >= 15 is 0 Å². The lowest BCUT2D eigenvalue weighted by atomic mass is 9.82. The molecule has 210 valence electrons. The quantitative estimate of drug-likeness (QED) is 0.225. The Hall–Kier alpha value is -3.06. The van der Waals surface area contributed by atoms with E-state index in [2.05, 4.69) is 20.9 Å². The fraction of sp³-hybridized carbons (Fsp3) is 0.179. The van der Waals surface area contributed by atoms with Gasteiger partial charge in [-0.15, -0.1) is 0 Å². The van der Waals surface area contributed by atoms with Gasteiger partial charge in [0.15, 0.2) is 0 Å². The van der Waals surface area contributed by atoms with Crippen LogP contribution in [-0.4, -0.2) is 22.0 Å². The molecule has 13 heteroatoms. The molecular weight excluding hydrogens is 665 g/mol. The van der Waals surface area contributed by atoms with Gasteiger partial charge in [0.2, 0.25) is 11.8 Å². The first-order valence-electron chi connectivity index (χ1n) is 12.1. The van der Waals surface area contributed by atoms with E-state index < -0.39 is 46.3 Å². The minimum atomic E-state index is -4.78. The summed E-state index contributed by atoms with van der Waals surface area (Å²) < 4.78 is 48.5. The fourth-order valence-corrected chi connectivity index (χ4v) is 8.28. The van der Waals surface area contributed by atoms with Crippen LogP contribution in [0.2, 0.25) is 5.02 Å². The second-order valence-electron chi connectivity index (χ2n) is 9.38. The van der Waals surface area contributed by atoms with E-state index in [9.17, 15) is 27.6 Å². The molecule has 3 heterocycles. The summed E-state index contributed by atoms with van der Waals surface area (Å²) in [5.74, 6) is -3.09. The number of aromatic amines is 1. The third-order valence-electron chi connectivity index (χ3n) is 6.86. The average Bonchev–Trinajstić information content (AvgIpc) is 3.41. The molecule has 4 aromatic rings. The highest BCUT2D eigenvalue weighted by Gasteiger charge is 2.57. The molecule has 1 saturated heterocycles. The molecule has 0 radical (unpaired) electrons. The van der Waals surface area contributed by atoms with Crippen molar-refractivity contribution in [1.29, 1.82) is 0 Å². The van der Waals surface area contributed by atoms with Gasteiger partial charge < -0.3 is 9.72 Å². The molecule has 6 rings (SSSR count). The van der Waals surface area contributed by atoms with Gasteiger partial charge in [0.05, 0.1) is 22.2 Å². The van der Waals surface area contributed by atoms with E-state index in [4.69, 9.17) is 16.3 Å². The number of amides is 2. The SMILES string of the molecule is O=C1C2Sc3[nH]c(=O)sc3C(c3cc(Br)ccc3OCc3cccc(Cl)c3)C2C(=O)N1c1ccccc1C(F)(F)F. The maximum Gasteiger partial charge on any atom is 0.418 e. The van der Waals surface area contributed by atoms with Crippen LogP contribution in [-0.2, 0) is 22.4 Å². The summed E-state index contributed by atoms with van der Waals surface area (Å²) in [4.78, 5) is 43.7. The highest BCUT2D eigenvalue weighted by Crippen LogP contribution is 2.55. The highest BCUT2D eigenvalue weighted by atomic mass is 79.9. The summed E-state index contributed by atoms with van der Waals surface area (Å²) >= 11 is 11.5. The van der Waals surface area contributed by atoms with Gasteiger partial charge in [-0.2, -0.15) is 13.2 Å². The number of anilines is 1. The lowest BCUT2D eigenvalue weighted by molar-refractivity contribution is -0.137. The number of para-hydroxylation sites is 1. The van der Waals surface area contributed by atoms with Crippen LogP contribution < -0.4 is 14.5 Å². The van der Waals surface area contributed by atoms with Crippen molar-refractivity contribution in [2.24, 2.45) is 5.92 Å². The second-order valence-corrected chi connectivity index (χ2v) is 12.9. The Morgan fingerprint density at radius 3 is 2.54 bits per heavy atom. The van der Waals surface area contributed by atoms with Crippen LogP contribution in [0.3, 0.4) is 0 Å². The van der Waals surface area contributed by atoms with Crippen molar-refractivity contribution < 1.29 is 27.5 Å². The molecule has 41 heavy (non-hydrogen) atoms. The summed E-state index contributed by atoms with van der Waals surface area (Å²) in [6, 6.07) is 16.8. The van der Waals surface area contributed by atoms with Crippen molar-refractivity contribution in [3.63, 3.8) is 0 Å². The second kappa shape index (κ2) is 10.6. The Bertz CT molecular complexity index is 1760. The number of H-pyrrole nitrogens is 1. The number of carbonyl (C=O) groups excluding carboxylic acids is 2. The van der Waals surface area contributed by atoms with Gasteiger partial charge in [-0.05, 0) is 48.0 Å². The number of ether oxygens (including phenoxy) is 1. The number of benzene rings is 3. The number of alkyl halides is 3. The van der Waals surface area contributed by atoms with Crippen molar-refractivity contribution in [2.45, 2.75) is 29.0 Å². The van der Waals surface area contributed by atoms with E-state index in [1.807, 2.05) is 6.07 Å². The van der Waals surface area contributed by atoms with Crippen molar-refractivity contribution in [1.82, 2.24) is 4.98 Å². The molecule has 0 bridgehead atoms. The van der Waals surface area contributed by atoms with Gasteiger partial charge in [0.25, 0.3) is 0 Å². The molecular formula is C28H17BrClF3N2O4S2. The van der Waals surface area contributed by atoms with E-state index in [0.717, 1.165) is 40.8 Å². The monoisotopic (exact) mass is 680 g/mol. The number of hydrogen-bond acceptors (Lipinski definition) is 6. The van der Waals surface area contributed by atoms with E-state index in [0.29, 0.717) is 35.6 Å². The molecule has 2 amide bonds. The number of rotatable bonds is 5. The molecule has 0 aliphatic carbocycles. The lowest BCUT2D eigenvalue weighted by Crippen LogP contribution is -2.33. The molecule has 2 aliphatic heterocycles. The van der Waals surface area contributed by atoms with Crippen LogP contribution >= 0.6 is 50.6 Å². The molecule has 0 saturated carbocycles. The van der Waals surface area contributed by atoms with Crippen LogP contribution in [0.15, 0.2) is 81.0 Å². The van der Waals surface area contributed by atoms with Gasteiger partial charge in [-0.3, -0.25) is 14.4 Å². The first-order chi connectivity index (χ1) is 19.5. The predicted molar refractivity (Wildman–Crippen MR) is 154 cm³/mol. The zero-order valence-electron chi connectivity index (χ0n) is 20.6. The Labute approximate surface area is 252 Å². The Morgan fingerprint density at radius 1 is 1.00 bits per heavy atom. The van der Waals surface area contributed by atoms with Crippen LogP contribution in [0.1, 0.15) is 27.5 Å². The van der Waals surface area contributed by atoms with Gasteiger partial charge in [0.1, 0.15) is 17.6 Å². The smallest absolute Gasteiger partial charge is 0.418 e. The number of nitrogens with zero attached hydrogens (tertiary/aromatic N) is 1. The van der Waals surface area contributed by atoms with Crippen LogP contribution in [0.5, 0.6) is 5.75 Å². The molecule has 3 unspecified atom stereocenters. The average molecular weight is 682 g/mol. The van der Waals surface area contributed by atoms with E-state index in [1.165, 1.54) is 12.1 Å². The van der Waals surface area contributed by atoms with Crippen LogP contribution in [0, 0.1) is 5.92 Å².